The van der Waals surface area contributed by atoms with E-state index in [1.807, 2.05) is 0 Å². The zero-order valence-corrected chi connectivity index (χ0v) is 13.9. The first-order chi connectivity index (χ1) is 10.1. The summed E-state index contributed by atoms with van der Waals surface area (Å²) in [6, 6.07) is 0. The second-order valence-electron chi connectivity index (χ2n) is 7.07. The van der Waals surface area contributed by atoms with Crippen LogP contribution in [0.3, 0.4) is 0 Å². The molecule has 118 valence electrons. The first-order valence-corrected chi connectivity index (χ1v) is 9.42. The van der Waals surface area contributed by atoms with Crippen LogP contribution in [0.4, 0.5) is 0 Å². The highest BCUT2D eigenvalue weighted by Gasteiger charge is 2.53. The lowest BCUT2D eigenvalue weighted by Crippen LogP contribution is -2.58. The Hall–Kier alpha value is -0.580. The lowest BCUT2D eigenvalue weighted by atomic mass is 9.73. The first kappa shape index (κ1) is 15.3. The average molecular weight is 310 g/mol. The van der Waals surface area contributed by atoms with Gasteiger partial charge < -0.3 is 9.47 Å². The van der Waals surface area contributed by atoms with E-state index in [4.69, 9.17) is 9.47 Å². The quantitative estimate of drug-likeness (QED) is 0.638. The summed E-state index contributed by atoms with van der Waals surface area (Å²) < 4.78 is 11.9. The monoisotopic (exact) mass is 310 g/mol. The van der Waals surface area contributed by atoms with Gasteiger partial charge in [-0.1, -0.05) is 45.3 Å². The molecule has 0 bridgehead atoms. The Balaban J connectivity index is 1.95. The minimum atomic E-state index is -0.688. The summed E-state index contributed by atoms with van der Waals surface area (Å²) in [5, 5.41) is 4.73. The van der Waals surface area contributed by atoms with Crippen LogP contribution in [0.15, 0.2) is 23.0 Å². The van der Waals surface area contributed by atoms with Gasteiger partial charge in [0.1, 0.15) is 0 Å². The summed E-state index contributed by atoms with van der Waals surface area (Å²) >= 11 is 0. The van der Waals surface area contributed by atoms with Crippen LogP contribution in [0.25, 0.3) is 0 Å². The second kappa shape index (κ2) is 5.90. The summed E-state index contributed by atoms with van der Waals surface area (Å²) in [7, 11) is -0.311. The molecular formula is C17H26O3S. The van der Waals surface area contributed by atoms with Crippen LogP contribution in [0.5, 0.6) is 0 Å². The van der Waals surface area contributed by atoms with Crippen molar-refractivity contribution in [2.45, 2.75) is 63.1 Å². The van der Waals surface area contributed by atoms with Crippen molar-refractivity contribution in [2.75, 3.05) is 6.61 Å². The molecule has 21 heavy (non-hydrogen) atoms. The van der Waals surface area contributed by atoms with Gasteiger partial charge >= 0.3 is 0 Å². The predicted molar refractivity (Wildman–Crippen MR) is 87.5 cm³/mol. The third-order valence-corrected chi connectivity index (χ3v) is 7.73. The molecule has 3 nitrogen and oxygen atoms in total. The summed E-state index contributed by atoms with van der Waals surface area (Å²) in [6.45, 7) is 5.03. The van der Waals surface area contributed by atoms with E-state index in [-0.39, 0.29) is 27.2 Å². The molecule has 0 spiro atoms. The number of carbonyl (C=O) groups excluding carboxylic acids is 1. The Bertz CT molecular complexity index is 437. The highest BCUT2D eigenvalue weighted by Crippen LogP contribution is 2.59. The molecule has 1 saturated heterocycles. The third-order valence-electron chi connectivity index (χ3n) is 5.04. The molecule has 4 heteroatoms. The second-order valence-corrected chi connectivity index (χ2v) is 9.38. The van der Waals surface area contributed by atoms with E-state index in [1.54, 1.807) is 0 Å². The van der Waals surface area contributed by atoms with Crippen molar-refractivity contribution >= 4 is 17.2 Å². The third kappa shape index (κ3) is 2.73. The van der Waals surface area contributed by atoms with E-state index in [0.717, 1.165) is 6.29 Å². The van der Waals surface area contributed by atoms with Gasteiger partial charge in [0, 0.05) is 10.2 Å². The van der Waals surface area contributed by atoms with E-state index < -0.39 is 6.29 Å². The Kier molecular flexibility index (Phi) is 4.30. The fraction of sp³-hybridized carbons (Fsp3) is 0.706. The highest BCUT2D eigenvalue weighted by atomic mass is 32.2. The SMILES string of the molecule is CC1(C)COC(C=O)OC1C1([SH]2C=CC=C2)CCCCC1. The van der Waals surface area contributed by atoms with E-state index in [0.29, 0.717) is 6.61 Å². The molecule has 1 aliphatic carbocycles. The maximum absolute atomic E-state index is 11.2. The molecule has 0 aromatic carbocycles. The predicted octanol–water partition coefficient (Wildman–Crippen LogP) is 3.70. The highest BCUT2D eigenvalue weighted by molar-refractivity contribution is 8.23. The number of ether oxygens (including phenoxy) is 2. The normalized spacial score (nSPS) is 35.8. The molecule has 2 aliphatic heterocycles. The molecular weight excluding hydrogens is 284 g/mol. The summed E-state index contributed by atoms with van der Waals surface area (Å²) in [6.07, 6.45) is 10.8. The number of allylic oxidation sites excluding steroid dienone is 2. The Morgan fingerprint density at radius 3 is 2.43 bits per heavy atom. The Morgan fingerprint density at radius 1 is 1.14 bits per heavy atom. The molecule has 1 saturated carbocycles. The van der Waals surface area contributed by atoms with Crippen LogP contribution in [-0.4, -0.2) is 30.0 Å². The van der Waals surface area contributed by atoms with Crippen molar-refractivity contribution in [1.29, 1.82) is 0 Å². The lowest BCUT2D eigenvalue weighted by Gasteiger charge is -2.55. The number of aldehydes is 1. The smallest absolute Gasteiger partial charge is 0.215 e. The van der Waals surface area contributed by atoms with Gasteiger partial charge in [-0.2, -0.15) is 0 Å². The standard InChI is InChI=1S/C17H26O3S/c1-16(2)13-19-14(12-18)20-15(16)17(8-4-3-5-9-17)21-10-6-7-11-21/h6-7,10-12,14-15,21H,3-5,8-9,13H2,1-2H3. The van der Waals surface area contributed by atoms with Gasteiger partial charge in [0.25, 0.3) is 0 Å². The molecule has 3 aliphatic rings. The van der Waals surface area contributed by atoms with Crippen LogP contribution >= 0.6 is 10.9 Å². The molecule has 2 unspecified atom stereocenters. The first-order valence-electron chi connectivity index (χ1n) is 7.94. The van der Waals surface area contributed by atoms with Crippen molar-refractivity contribution in [3.8, 4) is 0 Å². The molecule has 0 aromatic heterocycles. The van der Waals surface area contributed by atoms with Crippen molar-refractivity contribution in [2.24, 2.45) is 5.41 Å². The fourth-order valence-electron chi connectivity index (χ4n) is 4.11. The van der Waals surface area contributed by atoms with Gasteiger partial charge in [-0.3, -0.25) is 4.79 Å². The summed E-state index contributed by atoms with van der Waals surface area (Å²) in [5.74, 6) is 0. The van der Waals surface area contributed by atoms with Crippen molar-refractivity contribution in [1.82, 2.24) is 0 Å². The van der Waals surface area contributed by atoms with Crippen LogP contribution in [0.1, 0.15) is 46.0 Å². The zero-order valence-electron chi connectivity index (χ0n) is 13.0. The van der Waals surface area contributed by atoms with Crippen molar-refractivity contribution in [3.05, 3.63) is 23.0 Å². The fourth-order valence-corrected chi connectivity index (χ4v) is 6.88. The molecule has 2 atom stereocenters. The topological polar surface area (TPSA) is 35.5 Å². The van der Waals surface area contributed by atoms with E-state index >= 15 is 0 Å². The minimum absolute atomic E-state index is 0.0521. The number of rotatable bonds is 3. The molecule has 0 radical (unpaired) electrons. The van der Waals surface area contributed by atoms with Crippen molar-refractivity contribution in [3.63, 3.8) is 0 Å². The van der Waals surface area contributed by atoms with Gasteiger partial charge in [-0.15, -0.1) is 0 Å². The largest absolute Gasteiger partial charge is 0.346 e. The minimum Gasteiger partial charge on any atom is -0.346 e. The van der Waals surface area contributed by atoms with E-state index in [2.05, 4.69) is 36.8 Å². The lowest BCUT2D eigenvalue weighted by molar-refractivity contribution is -0.253. The molecule has 0 N–H and O–H groups in total. The van der Waals surface area contributed by atoms with Gasteiger partial charge in [-0.05, 0) is 23.7 Å². The maximum Gasteiger partial charge on any atom is 0.215 e. The number of carbonyl (C=O) groups is 1. The summed E-state index contributed by atoms with van der Waals surface area (Å²) in [5.41, 5.74) is -0.0521. The van der Waals surface area contributed by atoms with Crippen molar-refractivity contribution < 1.29 is 14.3 Å². The van der Waals surface area contributed by atoms with Crippen LogP contribution < -0.4 is 0 Å². The molecule has 3 rings (SSSR count). The number of hydrogen-bond acceptors (Lipinski definition) is 3. The summed E-state index contributed by atoms with van der Waals surface area (Å²) in [4.78, 5) is 11.2. The van der Waals surface area contributed by atoms with Gasteiger partial charge in [0.15, 0.2) is 6.29 Å². The Labute approximate surface area is 130 Å². The molecule has 0 amide bonds. The van der Waals surface area contributed by atoms with Crippen LogP contribution in [0, 0.1) is 5.41 Å². The number of hydrogen-bond donors (Lipinski definition) is 1. The van der Waals surface area contributed by atoms with Gasteiger partial charge in [-0.25, -0.2) is 10.9 Å². The average Bonchev–Trinajstić information content (AvgIpc) is 3.02. The molecule has 2 heterocycles. The molecule has 0 aromatic rings. The van der Waals surface area contributed by atoms with E-state index in [9.17, 15) is 4.79 Å². The van der Waals surface area contributed by atoms with Gasteiger partial charge in [0.05, 0.1) is 12.7 Å². The van der Waals surface area contributed by atoms with Crippen LogP contribution in [0.2, 0.25) is 0 Å². The van der Waals surface area contributed by atoms with Crippen LogP contribution in [-0.2, 0) is 14.3 Å². The van der Waals surface area contributed by atoms with Gasteiger partial charge in [0.2, 0.25) is 6.29 Å². The number of thiol groups is 1. The zero-order chi connectivity index (χ0) is 14.9. The van der Waals surface area contributed by atoms with E-state index in [1.165, 1.54) is 32.1 Å². The molecule has 2 fully saturated rings. The maximum atomic E-state index is 11.2. The Morgan fingerprint density at radius 2 is 1.81 bits per heavy atom.